The van der Waals surface area contributed by atoms with Crippen molar-refractivity contribution < 1.29 is 14.3 Å². The second kappa shape index (κ2) is 8.46. The van der Waals surface area contributed by atoms with Crippen LogP contribution in [0.25, 0.3) is 16.3 Å². The van der Waals surface area contributed by atoms with Crippen molar-refractivity contribution in [2.75, 3.05) is 13.7 Å². The monoisotopic (exact) mass is 426 g/mol. The van der Waals surface area contributed by atoms with E-state index in [-0.39, 0.29) is 5.78 Å². The summed E-state index contributed by atoms with van der Waals surface area (Å²) >= 11 is 0. The van der Waals surface area contributed by atoms with Crippen molar-refractivity contribution in [2.45, 2.75) is 45.4 Å². The van der Waals surface area contributed by atoms with E-state index < -0.39 is 0 Å². The van der Waals surface area contributed by atoms with Gasteiger partial charge in [-0.3, -0.25) is 4.79 Å². The van der Waals surface area contributed by atoms with E-state index in [0.29, 0.717) is 18.4 Å². The van der Waals surface area contributed by atoms with Gasteiger partial charge in [-0.05, 0) is 79.0 Å². The van der Waals surface area contributed by atoms with Crippen molar-refractivity contribution in [3.63, 3.8) is 0 Å². The molecule has 3 aromatic rings. The van der Waals surface area contributed by atoms with Crippen LogP contribution in [-0.4, -0.2) is 19.5 Å². The number of methoxy groups -OCH3 is 1. The van der Waals surface area contributed by atoms with Gasteiger partial charge in [-0.2, -0.15) is 0 Å². The zero-order valence-corrected chi connectivity index (χ0v) is 19.1. The maximum Gasteiger partial charge on any atom is 0.194 e. The fraction of sp³-hybridized carbons (Fsp3) is 0.345. The molecule has 2 aliphatic carbocycles. The number of ether oxygens (including phenoxy) is 2. The summed E-state index contributed by atoms with van der Waals surface area (Å²) in [6, 6.07) is 18.3. The first-order chi connectivity index (χ1) is 15.6. The fourth-order valence-electron chi connectivity index (χ4n) is 5.42. The van der Waals surface area contributed by atoms with Crippen molar-refractivity contribution in [1.82, 2.24) is 0 Å². The van der Waals surface area contributed by atoms with E-state index in [9.17, 15) is 4.79 Å². The van der Waals surface area contributed by atoms with Crippen LogP contribution < -0.4 is 9.47 Å². The van der Waals surface area contributed by atoms with Crippen LogP contribution in [0.4, 0.5) is 0 Å². The number of carbonyl (C=O) groups is 1. The van der Waals surface area contributed by atoms with Gasteiger partial charge in [-0.1, -0.05) is 48.9 Å². The minimum Gasteiger partial charge on any atom is -0.497 e. The summed E-state index contributed by atoms with van der Waals surface area (Å²) in [5, 5.41) is 2.09. The Kier molecular flexibility index (Phi) is 5.50. The molecule has 0 aromatic heterocycles. The molecule has 0 amide bonds. The molecule has 0 saturated heterocycles. The summed E-state index contributed by atoms with van der Waals surface area (Å²) in [5.74, 6) is 2.76. The van der Waals surface area contributed by atoms with E-state index in [1.54, 1.807) is 7.11 Å². The fourth-order valence-corrected chi connectivity index (χ4v) is 5.42. The molecule has 3 heteroatoms. The SMILES string of the molecule is CCCOc1cc2ccccc2c2c1C1CCC1CC(C)=C(c1ccc(OC)cc1)C2=O. The molecule has 0 radical (unpaired) electrons. The third-order valence-electron chi connectivity index (χ3n) is 7.13. The van der Waals surface area contributed by atoms with E-state index in [4.69, 9.17) is 9.47 Å². The largest absolute Gasteiger partial charge is 0.497 e. The van der Waals surface area contributed by atoms with Crippen molar-refractivity contribution in [2.24, 2.45) is 5.92 Å². The van der Waals surface area contributed by atoms with Gasteiger partial charge in [-0.25, -0.2) is 0 Å². The maximum absolute atomic E-state index is 14.3. The highest BCUT2D eigenvalue weighted by Crippen LogP contribution is 2.53. The predicted octanol–water partition coefficient (Wildman–Crippen LogP) is 7.19. The number of Topliss-reactive ketones (excluding diaryl/α,β-unsaturated/α-hetero) is 1. The average Bonchev–Trinajstić information content (AvgIpc) is 2.80. The molecule has 1 fully saturated rings. The Morgan fingerprint density at radius 3 is 2.50 bits per heavy atom. The summed E-state index contributed by atoms with van der Waals surface area (Å²) < 4.78 is 11.6. The minimum absolute atomic E-state index is 0.117. The van der Waals surface area contributed by atoms with Gasteiger partial charge in [0.25, 0.3) is 0 Å². The van der Waals surface area contributed by atoms with E-state index >= 15 is 0 Å². The maximum atomic E-state index is 14.3. The Balaban J connectivity index is 1.77. The van der Waals surface area contributed by atoms with Gasteiger partial charge in [0.15, 0.2) is 5.78 Å². The molecule has 3 nitrogen and oxygen atoms in total. The molecule has 0 heterocycles. The van der Waals surface area contributed by atoms with E-state index in [1.165, 1.54) is 12.0 Å². The molecule has 5 rings (SSSR count). The van der Waals surface area contributed by atoms with E-state index in [2.05, 4.69) is 32.0 Å². The van der Waals surface area contributed by atoms with Crippen molar-refractivity contribution in [3.8, 4) is 11.5 Å². The van der Waals surface area contributed by atoms with Crippen LogP contribution in [-0.2, 0) is 0 Å². The molecule has 0 N–H and O–H groups in total. The van der Waals surface area contributed by atoms with Crippen molar-refractivity contribution in [3.05, 3.63) is 76.9 Å². The molecule has 0 spiro atoms. The van der Waals surface area contributed by atoms with Crippen LogP contribution in [0, 0.1) is 5.92 Å². The molecule has 1 saturated carbocycles. The van der Waals surface area contributed by atoms with Crippen LogP contribution >= 0.6 is 0 Å². The molecule has 32 heavy (non-hydrogen) atoms. The molecule has 164 valence electrons. The number of rotatable bonds is 5. The third kappa shape index (κ3) is 3.40. The van der Waals surface area contributed by atoms with Gasteiger partial charge in [0.1, 0.15) is 11.5 Å². The zero-order chi connectivity index (χ0) is 22.2. The summed E-state index contributed by atoms with van der Waals surface area (Å²) in [5.41, 5.74) is 4.95. The lowest BCUT2D eigenvalue weighted by molar-refractivity contribution is 0.105. The first kappa shape index (κ1) is 20.8. The van der Waals surface area contributed by atoms with Gasteiger partial charge in [-0.15, -0.1) is 0 Å². The summed E-state index contributed by atoms with van der Waals surface area (Å²) in [4.78, 5) is 14.3. The Morgan fingerprint density at radius 1 is 1.03 bits per heavy atom. The van der Waals surface area contributed by atoms with Crippen molar-refractivity contribution >= 4 is 22.1 Å². The number of carbonyl (C=O) groups excluding carboxylic acids is 1. The van der Waals surface area contributed by atoms with Gasteiger partial charge in [0.05, 0.1) is 13.7 Å². The first-order valence-electron chi connectivity index (χ1n) is 11.7. The summed E-state index contributed by atoms with van der Waals surface area (Å²) in [6.07, 6.45) is 4.22. The van der Waals surface area contributed by atoms with E-state index in [1.807, 2.05) is 36.4 Å². The standard InChI is InChI=1S/C29H30O3/c1-4-15-32-25-17-20-7-5-6-8-23(20)28-27(25)24-14-11-21(24)16-18(2)26(29(28)30)19-9-12-22(31-3)13-10-19/h5-10,12-13,17,21,24H,4,11,14-16H2,1-3H3. The Morgan fingerprint density at radius 2 is 1.81 bits per heavy atom. The second-order valence-corrected chi connectivity index (χ2v) is 9.09. The second-order valence-electron chi connectivity index (χ2n) is 9.09. The number of hydrogen-bond donors (Lipinski definition) is 0. The number of benzene rings is 3. The highest BCUT2D eigenvalue weighted by Gasteiger charge is 2.40. The van der Waals surface area contributed by atoms with Crippen LogP contribution in [0.1, 0.15) is 66.9 Å². The first-order valence-corrected chi connectivity index (χ1v) is 11.7. The lowest BCUT2D eigenvalue weighted by atomic mass is 9.63. The van der Waals surface area contributed by atoms with Crippen molar-refractivity contribution in [1.29, 1.82) is 0 Å². The normalized spacial score (nSPS) is 20.2. The molecule has 2 atom stereocenters. The van der Waals surface area contributed by atoms with Gasteiger partial charge < -0.3 is 9.47 Å². The highest BCUT2D eigenvalue weighted by molar-refractivity contribution is 6.33. The van der Waals surface area contributed by atoms with Gasteiger partial charge in [0, 0.05) is 16.7 Å². The number of allylic oxidation sites excluding steroid dienone is 2. The number of ketones is 1. The molecule has 2 unspecified atom stereocenters. The topological polar surface area (TPSA) is 35.5 Å². The molecule has 0 aliphatic heterocycles. The molecule has 3 aromatic carbocycles. The molecule has 0 bridgehead atoms. The van der Waals surface area contributed by atoms with Crippen LogP contribution in [0.2, 0.25) is 0 Å². The van der Waals surface area contributed by atoms with E-state index in [0.717, 1.165) is 63.8 Å². The molecule has 2 aliphatic rings. The Labute approximate surface area is 190 Å². The van der Waals surface area contributed by atoms with Gasteiger partial charge in [0.2, 0.25) is 0 Å². The summed E-state index contributed by atoms with van der Waals surface area (Å²) in [6.45, 7) is 4.92. The smallest absolute Gasteiger partial charge is 0.194 e. The van der Waals surface area contributed by atoms with Gasteiger partial charge >= 0.3 is 0 Å². The Hall–Kier alpha value is -3.07. The lowest BCUT2D eigenvalue weighted by Gasteiger charge is -2.41. The zero-order valence-electron chi connectivity index (χ0n) is 19.1. The van der Waals surface area contributed by atoms with Crippen LogP contribution in [0.5, 0.6) is 11.5 Å². The lowest BCUT2D eigenvalue weighted by Crippen LogP contribution is -2.29. The minimum atomic E-state index is 0.117. The Bertz CT molecular complexity index is 1200. The highest BCUT2D eigenvalue weighted by atomic mass is 16.5. The molecular weight excluding hydrogens is 396 g/mol. The summed E-state index contributed by atoms with van der Waals surface area (Å²) in [7, 11) is 1.66. The van der Waals surface area contributed by atoms with Crippen LogP contribution in [0.3, 0.4) is 0 Å². The predicted molar refractivity (Wildman–Crippen MR) is 130 cm³/mol. The average molecular weight is 427 g/mol. The quantitative estimate of drug-likeness (QED) is 0.433. The van der Waals surface area contributed by atoms with Crippen LogP contribution in [0.15, 0.2) is 60.2 Å². The number of fused-ring (bicyclic) bond motifs is 5. The molecular formula is C29H30O3. The number of hydrogen-bond acceptors (Lipinski definition) is 3. The third-order valence-corrected chi connectivity index (χ3v) is 7.13.